The largest absolute Gasteiger partial charge is 0.389 e. The van der Waals surface area contributed by atoms with Gasteiger partial charge in [0, 0.05) is 12.8 Å². The lowest BCUT2D eigenvalue weighted by atomic mass is 9.48. The lowest BCUT2D eigenvalue weighted by Crippen LogP contribution is -2.55. The highest BCUT2D eigenvalue weighted by molar-refractivity contribution is 5.73. The van der Waals surface area contributed by atoms with Gasteiger partial charge in [0.05, 0.1) is 11.2 Å². The van der Waals surface area contributed by atoms with E-state index in [1.54, 1.807) is 0 Å². The molecule has 3 atom stereocenters. The minimum atomic E-state index is -3.75. The van der Waals surface area contributed by atoms with Crippen LogP contribution in [0.15, 0.2) is 18.2 Å². The van der Waals surface area contributed by atoms with E-state index in [1.165, 1.54) is 17.8 Å². The minimum absolute atomic E-state index is 0.196. The summed E-state index contributed by atoms with van der Waals surface area (Å²) >= 11 is 0. The maximum absolute atomic E-state index is 14.4. The molecule has 136 valence electrons. The van der Waals surface area contributed by atoms with Crippen LogP contribution >= 0.6 is 0 Å². The van der Waals surface area contributed by atoms with Crippen molar-refractivity contribution in [3.8, 4) is 0 Å². The van der Waals surface area contributed by atoms with Crippen molar-refractivity contribution in [2.75, 3.05) is 0 Å². The molecule has 3 nitrogen and oxygen atoms in total. The Kier molecular flexibility index (Phi) is 3.69. The third-order valence-electron chi connectivity index (χ3n) is 6.30. The SMILES string of the molecule is CC(=O)NC(F)(F)c1ccc([C@H]2C3C[C@H]4C[C@H](C3)CC2(O)C4)cc1F. The number of alkyl halides is 2. The monoisotopic (exact) mass is 353 g/mol. The predicted molar refractivity (Wildman–Crippen MR) is 85.4 cm³/mol. The summed E-state index contributed by atoms with van der Waals surface area (Å²) in [6, 6.07) is -0.112. The summed E-state index contributed by atoms with van der Waals surface area (Å²) in [5.74, 6) is -0.813. The minimum Gasteiger partial charge on any atom is -0.389 e. The quantitative estimate of drug-likeness (QED) is 0.815. The van der Waals surface area contributed by atoms with Crippen LogP contribution in [0.25, 0.3) is 0 Å². The Balaban J connectivity index is 1.66. The first-order valence-corrected chi connectivity index (χ1v) is 8.87. The first-order chi connectivity index (χ1) is 11.7. The van der Waals surface area contributed by atoms with E-state index in [-0.39, 0.29) is 11.8 Å². The van der Waals surface area contributed by atoms with Crippen molar-refractivity contribution in [2.45, 2.75) is 56.6 Å². The molecule has 1 aromatic rings. The number of carbonyl (C=O) groups excluding carboxylic acids is 1. The smallest absolute Gasteiger partial charge is 0.355 e. The molecule has 6 heteroatoms. The fraction of sp³-hybridized carbons (Fsp3) is 0.632. The van der Waals surface area contributed by atoms with E-state index in [0.717, 1.165) is 44.7 Å². The van der Waals surface area contributed by atoms with Crippen LogP contribution in [0.1, 0.15) is 56.1 Å². The van der Waals surface area contributed by atoms with Crippen molar-refractivity contribution >= 4 is 5.91 Å². The van der Waals surface area contributed by atoms with Crippen LogP contribution in [0.4, 0.5) is 13.2 Å². The third kappa shape index (κ3) is 2.75. The number of carbonyl (C=O) groups is 1. The predicted octanol–water partition coefficient (Wildman–Crippen LogP) is 3.67. The second kappa shape index (κ2) is 5.47. The van der Waals surface area contributed by atoms with Gasteiger partial charge in [-0.1, -0.05) is 6.07 Å². The Morgan fingerprint density at radius 1 is 1.24 bits per heavy atom. The summed E-state index contributed by atoms with van der Waals surface area (Å²) in [5, 5.41) is 12.6. The Bertz CT molecular complexity index is 707. The molecule has 0 unspecified atom stereocenters. The molecule has 0 saturated heterocycles. The standard InChI is InChI=1S/C19H22F3NO2/c1-10(24)23-19(21,22)15-3-2-13(7-16(15)20)17-14-5-11-4-12(6-14)9-18(17,25)8-11/h2-3,7,11-12,14,17,25H,4-6,8-9H2,1H3,(H,23,24)/t11-,12-,14?,17+,18?/m1/s1. The van der Waals surface area contributed by atoms with E-state index in [1.807, 2.05) is 0 Å². The number of amides is 1. The van der Waals surface area contributed by atoms with Crippen LogP contribution in [0, 0.1) is 23.6 Å². The fourth-order valence-corrected chi connectivity index (χ4v) is 5.85. The summed E-state index contributed by atoms with van der Waals surface area (Å²) in [7, 11) is 0. The number of nitrogens with one attached hydrogen (secondary N) is 1. The second-order valence-corrected chi connectivity index (χ2v) is 8.18. The van der Waals surface area contributed by atoms with E-state index < -0.39 is 28.9 Å². The molecule has 0 aliphatic heterocycles. The zero-order chi connectivity index (χ0) is 18.0. The third-order valence-corrected chi connectivity index (χ3v) is 6.30. The molecule has 1 amide bonds. The molecule has 1 aromatic carbocycles. The molecule has 4 aliphatic rings. The van der Waals surface area contributed by atoms with Gasteiger partial charge in [0.2, 0.25) is 5.91 Å². The molecular weight excluding hydrogens is 331 g/mol. The first kappa shape index (κ1) is 16.9. The highest BCUT2D eigenvalue weighted by Crippen LogP contribution is 2.61. The highest BCUT2D eigenvalue weighted by atomic mass is 19.3. The summed E-state index contributed by atoms with van der Waals surface area (Å²) in [6.07, 6.45) is 4.65. The zero-order valence-electron chi connectivity index (χ0n) is 14.1. The van der Waals surface area contributed by atoms with Gasteiger partial charge in [0.25, 0.3) is 0 Å². The van der Waals surface area contributed by atoms with E-state index in [0.29, 0.717) is 17.4 Å². The van der Waals surface area contributed by atoms with Crippen molar-refractivity contribution in [1.29, 1.82) is 0 Å². The second-order valence-electron chi connectivity index (χ2n) is 8.18. The number of benzene rings is 1. The van der Waals surface area contributed by atoms with E-state index in [4.69, 9.17) is 0 Å². The molecular formula is C19H22F3NO2. The molecule has 4 aliphatic carbocycles. The van der Waals surface area contributed by atoms with Gasteiger partial charge >= 0.3 is 6.05 Å². The van der Waals surface area contributed by atoms with Gasteiger partial charge in [-0.15, -0.1) is 0 Å². The number of hydrogen-bond donors (Lipinski definition) is 2. The molecule has 4 bridgehead atoms. The Labute approximate surface area is 144 Å². The van der Waals surface area contributed by atoms with Gasteiger partial charge < -0.3 is 5.11 Å². The molecule has 4 saturated carbocycles. The van der Waals surface area contributed by atoms with Gasteiger partial charge in [0.15, 0.2) is 0 Å². The Hall–Kier alpha value is -1.56. The van der Waals surface area contributed by atoms with Gasteiger partial charge in [0.1, 0.15) is 5.82 Å². The average molecular weight is 353 g/mol. The van der Waals surface area contributed by atoms with Crippen molar-refractivity contribution in [3.05, 3.63) is 35.1 Å². The summed E-state index contributed by atoms with van der Waals surface area (Å²) in [5.41, 5.74) is -1.10. The van der Waals surface area contributed by atoms with Gasteiger partial charge in [-0.3, -0.25) is 10.1 Å². The highest BCUT2D eigenvalue weighted by Gasteiger charge is 2.56. The lowest BCUT2D eigenvalue weighted by Gasteiger charge is -2.59. The number of hydrogen-bond acceptors (Lipinski definition) is 2. The van der Waals surface area contributed by atoms with Crippen molar-refractivity contribution in [3.63, 3.8) is 0 Å². The topological polar surface area (TPSA) is 49.3 Å². The Morgan fingerprint density at radius 2 is 1.88 bits per heavy atom. The van der Waals surface area contributed by atoms with Crippen molar-refractivity contribution in [2.24, 2.45) is 17.8 Å². The molecule has 0 heterocycles. The van der Waals surface area contributed by atoms with Gasteiger partial charge in [-0.25, -0.2) is 4.39 Å². The molecule has 5 rings (SSSR count). The van der Waals surface area contributed by atoms with Crippen LogP contribution in [-0.2, 0) is 10.8 Å². The molecule has 0 aromatic heterocycles. The molecule has 0 spiro atoms. The lowest BCUT2D eigenvalue weighted by molar-refractivity contribution is -0.143. The number of halogens is 3. The first-order valence-electron chi connectivity index (χ1n) is 8.87. The summed E-state index contributed by atoms with van der Waals surface area (Å²) in [4.78, 5) is 10.9. The van der Waals surface area contributed by atoms with Gasteiger partial charge in [-0.05, 0) is 67.6 Å². The van der Waals surface area contributed by atoms with Gasteiger partial charge in [-0.2, -0.15) is 8.78 Å². The van der Waals surface area contributed by atoms with Crippen LogP contribution in [-0.4, -0.2) is 16.6 Å². The summed E-state index contributed by atoms with van der Waals surface area (Å²) < 4.78 is 42.4. The molecule has 4 fully saturated rings. The summed E-state index contributed by atoms with van der Waals surface area (Å²) in [6.45, 7) is 0.963. The zero-order valence-corrected chi connectivity index (χ0v) is 14.1. The average Bonchev–Trinajstić information content (AvgIpc) is 2.43. The van der Waals surface area contributed by atoms with Crippen LogP contribution in [0.5, 0.6) is 0 Å². The van der Waals surface area contributed by atoms with E-state index in [2.05, 4.69) is 0 Å². The number of aliphatic hydroxyl groups is 1. The molecule has 25 heavy (non-hydrogen) atoms. The van der Waals surface area contributed by atoms with Crippen molar-refractivity contribution in [1.82, 2.24) is 5.32 Å². The van der Waals surface area contributed by atoms with Crippen LogP contribution in [0.2, 0.25) is 0 Å². The molecule has 0 radical (unpaired) electrons. The maximum atomic E-state index is 14.4. The van der Waals surface area contributed by atoms with E-state index in [9.17, 15) is 23.1 Å². The number of rotatable bonds is 3. The normalized spacial score (nSPS) is 36.5. The van der Waals surface area contributed by atoms with Crippen LogP contribution < -0.4 is 5.32 Å². The molecule has 2 N–H and O–H groups in total. The van der Waals surface area contributed by atoms with Crippen molar-refractivity contribution < 1.29 is 23.1 Å². The fourth-order valence-electron chi connectivity index (χ4n) is 5.85. The maximum Gasteiger partial charge on any atom is 0.355 e. The van der Waals surface area contributed by atoms with E-state index >= 15 is 0 Å². The Morgan fingerprint density at radius 3 is 2.40 bits per heavy atom. The van der Waals surface area contributed by atoms with Crippen LogP contribution in [0.3, 0.4) is 0 Å².